The number of amides is 1. The van der Waals surface area contributed by atoms with E-state index in [1.807, 2.05) is 24.3 Å². The molecular formula is C25H24F3N5O2. The zero-order chi connectivity index (χ0) is 25.2. The molecule has 4 N–H and O–H groups in total. The molecule has 0 atom stereocenters. The third-order valence-corrected chi connectivity index (χ3v) is 5.52. The Bertz CT molecular complexity index is 1380. The van der Waals surface area contributed by atoms with Crippen molar-refractivity contribution in [3.63, 3.8) is 0 Å². The molecule has 1 aromatic heterocycles. The molecule has 0 bridgehead atoms. The number of rotatable bonds is 8. The van der Waals surface area contributed by atoms with Crippen molar-refractivity contribution in [1.82, 2.24) is 9.55 Å². The van der Waals surface area contributed by atoms with Crippen LogP contribution in [0, 0.1) is 6.92 Å². The summed E-state index contributed by atoms with van der Waals surface area (Å²) in [5, 5.41) is 6.15. The minimum absolute atomic E-state index is 0.296. The van der Waals surface area contributed by atoms with Crippen LogP contribution in [0.4, 0.5) is 30.2 Å². The van der Waals surface area contributed by atoms with Gasteiger partial charge in [0, 0.05) is 23.5 Å². The van der Waals surface area contributed by atoms with Crippen molar-refractivity contribution < 1.29 is 22.7 Å². The van der Waals surface area contributed by atoms with Gasteiger partial charge >= 0.3 is 6.18 Å². The van der Waals surface area contributed by atoms with E-state index >= 15 is 0 Å². The predicted molar refractivity (Wildman–Crippen MR) is 130 cm³/mol. The number of hydrogen-bond acceptors (Lipinski definition) is 5. The standard InChI is InChI=1S/C25H24F3N5O2/c1-15-11-17(7-8-18(15)24(29)34)33-14-31-23-20(30-10-9-25(26,27)28)12-16(13-21(23)33)32-19-5-3-4-6-22(19)35-2/h3-8,11-14,30,32H,9-10H2,1-2H3,(H2,29,34). The van der Waals surface area contributed by atoms with Gasteiger partial charge in [-0.1, -0.05) is 12.1 Å². The van der Waals surface area contributed by atoms with Gasteiger partial charge in [0.05, 0.1) is 30.4 Å². The van der Waals surface area contributed by atoms with Crippen molar-refractivity contribution in [3.05, 3.63) is 72.1 Å². The summed E-state index contributed by atoms with van der Waals surface area (Å²) in [7, 11) is 1.56. The molecule has 182 valence electrons. The van der Waals surface area contributed by atoms with E-state index < -0.39 is 18.5 Å². The molecule has 1 heterocycles. The summed E-state index contributed by atoms with van der Waals surface area (Å²) in [6, 6.07) is 16.1. The van der Waals surface area contributed by atoms with Crippen LogP contribution in [-0.2, 0) is 0 Å². The van der Waals surface area contributed by atoms with Crippen LogP contribution in [0.5, 0.6) is 5.75 Å². The van der Waals surface area contributed by atoms with Crippen LogP contribution in [0.3, 0.4) is 0 Å². The molecule has 3 aromatic carbocycles. The average Bonchev–Trinajstić information content (AvgIpc) is 3.22. The summed E-state index contributed by atoms with van der Waals surface area (Å²) < 4.78 is 45.5. The van der Waals surface area contributed by atoms with Gasteiger partial charge in [0.15, 0.2) is 0 Å². The molecule has 1 amide bonds. The lowest BCUT2D eigenvalue weighted by molar-refractivity contribution is -0.131. The van der Waals surface area contributed by atoms with Gasteiger partial charge in [0.25, 0.3) is 0 Å². The monoisotopic (exact) mass is 483 g/mol. The van der Waals surface area contributed by atoms with Gasteiger partial charge in [-0.3, -0.25) is 9.36 Å². The molecule has 4 aromatic rings. The number of primary amides is 1. The molecule has 0 aliphatic heterocycles. The number of carbonyl (C=O) groups excluding carboxylic acids is 1. The van der Waals surface area contributed by atoms with Crippen LogP contribution < -0.4 is 21.1 Å². The molecule has 0 aliphatic carbocycles. The van der Waals surface area contributed by atoms with Gasteiger partial charge in [-0.2, -0.15) is 13.2 Å². The lowest BCUT2D eigenvalue weighted by atomic mass is 10.1. The highest BCUT2D eigenvalue weighted by atomic mass is 19.4. The van der Waals surface area contributed by atoms with Crippen LogP contribution in [0.2, 0.25) is 0 Å². The first-order chi connectivity index (χ1) is 16.7. The van der Waals surface area contributed by atoms with Gasteiger partial charge in [-0.15, -0.1) is 0 Å². The molecule has 0 saturated carbocycles. The lowest BCUT2D eigenvalue weighted by Gasteiger charge is -2.15. The van der Waals surface area contributed by atoms with Crippen molar-refractivity contribution in [2.45, 2.75) is 19.5 Å². The summed E-state index contributed by atoms with van der Waals surface area (Å²) in [6.07, 6.45) is -3.67. The maximum absolute atomic E-state index is 12.8. The zero-order valence-corrected chi connectivity index (χ0v) is 19.1. The van der Waals surface area contributed by atoms with E-state index in [4.69, 9.17) is 10.5 Å². The number of alkyl halides is 3. The fourth-order valence-electron chi connectivity index (χ4n) is 3.85. The normalized spacial score (nSPS) is 11.5. The fraction of sp³-hybridized carbons (Fsp3) is 0.200. The van der Waals surface area contributed by atoms with E-state index in [0.29, 0.717) is 45.0 Å². The average molecular weight is 483 g/mol. The second kappa shape index (κ2) is 9.57. The smallest absolute Gasteiger partial charge is 0.390 e. The minimum atomic E-state index is -4.28. The first-order valence-corrected chi connectivity index (χ1v) is 10.8. The Morgan fingerprint density at radius 1 is 1.11 bits per heavy atom. The highest BCUT2D eigenvalue weighted by Gasteiger charge is 2.26. The summed E-state index contributed by atoms with van der Waals surface area (Å²) in [5.74, 6) is 0.0920. The van der Waals surface area contributed by atoms with E-state index in [9.17, 15) is 18.0 Å². The summed E-state index contributed by atoms with van der Waals surface area (Å²) >= 11 is 0. The number of aryl methyl sites for hydroxylation is 1. The molecule has 0 unspecified atom stereocenters. The van der Waals surface area contributed by atoms with Crippen LogP contribution in [0.1, 0.15) is 22.3 Å². The Balaban J connectivity index is 1.79. The van der Waals surface area contributed by atoms with E-state index in [-0.39, 0.29) is 6.54 Å². The molecular weight excluding hydrogens is 459 g/mol. The highest BCUT2D eigenvalue weighted by molar-refractivity contribution is 5.95. The van der Waals surface area contributed by atoms with Crippen molar-refractivity contribution in [1.29, 1.82) is 0 Å². The number of benzene rings is 3. The topological polar surface area (TPSA) is 94.2 Å². The number of halogens is 3. The number of nitrogens with zero attached hydrogens (tertiary/aromatic N) is 2. The molecule has 0 aliphatic rings. The van der Waals surface area contributed by atoms with Crippen LogP contribution in [0.25, 0.3) is 16.7 Å². The summed E-state index contributed by atoms with van der Waals surface area (Å²) in [4.78, 5) is 16.1. The lowest BCUT2D eigenvalue weighted by Crippen LogP contribution is -2.14. The van der Waals surface area contributed by atoms with Crippen LogP contribution in [-0.4, -0.2) is 35.3 Å². The maximum Gasteiger partial charge on any atom is 0.390 e. The zero-order valence-electron chi connectivity index (χ0n) is 19.1. The number of ether oxygens (including phenoxy) is 1. The predicted octanol–water partition coefficient (Wildman–Crippen LogP) is 5.55. The van der Waals surface area contributed by atoms with E-state index in [1.165, 1.54) is 0 Å². The minimum Gasteiger partial charge on any atom is -0.495 e. The molecule has 0 saturated heterocycles. The summed E-state index contributed by atoms with van der Waals surface area (Å²) in [6.45, 7) is 1.48. The second-order valence-corrected chi connectivity index (χ2v) is 7.99. The quantitative estimate of drug-likeness (QED) is 0.306. The molecule has 0 radical (unpaired) electrons. The Hall–Kier alpha value is -4.21. The molecule has 0 fully saturated rings. The Kier molecular flexibility index (Phi) is 6.54. The third-order valence-electron chi connectivity index (χ3n) is 5.52. The first kappa shape index (κ1) is 23.9. The number of anilines is 3. The van der Waals surface area contributed by atoms with Gasteiger partial charge < -0.3 is 21.1 Å². The number of para-hydroxylation sites is 2. The largest absolute Gasteiger partial charge is 0.495 e. The molecule has 7 nitrogen and oxygen atoms in total. The van der Waals surface area contributed by atoms with Gasteiger partial charge in [-0.05, 0) is 55.0 Å². The number of nitrogens with one attached hydrogen (secondary N) is 2. The third kappa shape index (κ3) is 5.32. The van der Waals surface area contributed by atoms with Crippen LogP contribution in [0.15, 0.2) is 60.9 Å². The Morgan fingerprint density at radius 2 is 1.89 bits per heavy atom. The van der Waals surface area contributed by atoms with Crippen molar-refractivity contribution in [2.75, 3.05) is 24.3 Å². The second-order valence-electron chi connectivity index (χ2n) is 7.99. The molecule has 4 rings (SSSR count). The van der Waals surface area contributed by atoms with Gasteiger partial charge in [0.2, 0.25) is 5.91 Å². The van der Waals surface area contributed by atoms with Crippen molar-refractivity contribution >= 4 is 34.0 Å². The van der Waals surface area contributed by atoms with E-state index in [2.05, 4.69) is 15.6 Å². The Labute approximate surface area is 199 Å². The number of nitrogens with two attached hydrogens (primary N) is 1. The number of methoxy groups -OCH3 is 1. The summed E-state index contributed by atoms with van der Waals surface area (Å²) in [5.41, 5.74) is 10.2. The first-order valence-electron chi connectivity index (χ1n) is 10.8. The van der Waals surface area contributed by atoms with Gasteiger partial charge in [0.1, 0.15) is 17.6 Å². The molecule has 10 heteroatoms. The number of imidazole rings is 1. The van der Waals surface area contributed by atoms with Crippen molar-refractivity contribution in [2.24, 2.45) is 5.73 Å². The number of fused-ring (bicyclic) bond motifs is 1. The van der Waals surface area contributed by atoms with E-state index in [0.717, 1.165) is 5.69 Å². The molecule has 35 heavy (non-hydrogen) atoms. The number of carbonyl (C=O) groups is 1. The highest BCUT2D eigenvalue weighted by Crippen LogP contribution is 2.34. The SMILES string of the molecule is COc1ccccc1Nc1cc(NCCC(F)(F)F)c2ncn(-c3ccc(C(N)=O)c(C)c3)c2c1. The number of aromatic nitrogens is 2. The van der Waals surface area contributed by atoms with Crippen LogP contribution >= 0.6 is 0 Å². The Morgan fingerprint density at radius 3 is 2.57 bits per heavy atom. The number of hydrogen-bond donors (Lipinski definition) is 3. The van der Waals surface area contributed by atoms with Crippen molar-refractivity contribution in [3.8, 4) is 11.4 Å². The fourth-order valence-corrected chi connectivity index (χ4v) is 3.85. The molecule has 0 spiro atoms. The van der Waals surface area contributed by atoms with Gasteiger partial charge in [-0.25, -0.2) is 4.98 Å². The maximum atomic E-state index is 12.8. The van der Waals surface area contributed by atoms with E-state index in [1.54, 1.807) is 55.3 Å².